The Morgan fingerprint density at radius 1 is 1.11 bits per heavy atom. The zero-order valence-electron chi connectivity index (χ0n) is 15.8. The van der Waals surface area contributed by atoms with Crippen LogP contribution in [0.5, 0.6) is 0 Å². The average molecular weight is 398 g/mol. The molecule has 2 heterocycles. The molecule has 0 saturated carbocycles. The number of nitrogens with zero attached hydrogens (tertiary/aromatic N) is 2. The summed E-state index contributed by atoms with van der Waals surface area (Å²) >= 11 is 0. The number of amides is 2. The van der Waals surface area contributed by atoms with Crippen LogP contribution < -0.4 is 5.73 Å². The van der Waals surface area contributed by atoms with E-state index in [1.165, 1.54) is 12.3 Å². The molecule has 1 aromatic carbocycles. The van der Waals surface area contributed by atoms with Crippen molar-refractivity contribution in [2.45, 2.75) is 17.7 Å². The Morgan fingerprint density at radius 2 is 1.71 bits per heavy atom. The largest absolute Gasteiger partial charge is 0.364 e. The maximum Gasteiger partial charge on any atom is 0.267 e. The average Bonchev–Trinajstić information content (AvgIpc) is 2.73. The molecule has 2 amide bonds. The number of hydrogen-bond donors (Lipinski definition) is 1. The number of carbonyl (C=O) groups excluding carboxylic acids is 2. The number of allylic oxidation sites excluding steroid dienone is 1. The maximum absolute atomic E-state index is 12.6. The molecule has 1 aromatic heterocycles. The molecule has 146 valence electrons. The summed E-state index contributed by atoms with van der Waals surface area (Å²) in [6.07, 6.45) is 4.72. The molecule has 0 bridgehead atoms. The van der Waals surface area contributed by atoms with E-state index in [9.17, 15) is 13.8 Å². The van der Waals surface area contributed by atoms with Crippen molar-refractivity contribution in [2.24, 2.45) is 11.7 Å². The van der Waals surface area contributed by atoms with Crippen molar-refractivity contribution >= 4 is 28.2 Å². The van der Waals surface area contributed by atoms with Crippen molar-refractivity contribution in [1.29, 1.82) is 0 Å². The first-order valence-corrected chi connectivity index (χ1v) is 10.6. The third kappa shape index (κ3) is 4.36. The van der Waals surface area contributed by atoms with Crippen LogP contribution >= 0.6 is 0 Å². The predicted octanol–water partition coefficient (Wildman–Crippen LogP) is 2.48. The Kier molecular flexibility index (Phi) is 6.04. The van der Waals surface area contributed by atoms with Gasteiger partial charge in [0.05, 0.1) is 5.56 Å². The Balaban J connectivity index is 1.60. The van der Waals surface area contributed by atoms with Crippen molar-refractivity contribution in [3.05, 3.63) is 66.0 Å². The van der Waals surface area contributed by atoms with Crippen LogP contribution in [-0.4, -0.2) is 45.3 Å². The van der Waals surface area contributed by atoms with E-state index in [1.807, 2.05) is 24.3 Å². The monoisotopic (exact) mass is 397 g/mol. The molecule has 1 fully saturated rings. The number of rotatable bonds is 5. The summed E-state index contributed by atoms with van der Waals surface area (Å²) in [5.41, 5.74) is 7.87. The molecule has 1 aliphatic heterocycles. The highest BCUT2D eigenvalue weighted by Gasteiger charge is 2.26. The Hall–Kier alpha value is -2.80. The Bertz CT molecular complexity index is 837. The van der Waals surface area contributed by atoms with Gasteiger partial charge in [0.25, 0.3) is 11.8 Å². The van der Waals surface area contributed by atoms with Gasteiger partial charge in [0, 0.05) is 41.2 Å². The maximum atomic E-state index is 12.6. The molecular formula is C21H23N3O3S. The van der Waals surface area contributed by atoms with Gasteiger partial charge in [-0.2, -0.15) is 0 Å². The summed E-state index contributed by atoms with van der Waals surface area (Å²) in [4.78, 5) is 30.3. The number of carbonyl (C=O) groups is 2. The van der Waals surface area contributed by atoms with E-state index in [2.05, 4.69) is 11.6 Å². The van der Waals surface area contributed by atoms with Crippen LogP contribution in [0.2, 0.25) is 0 Å². The van der Waals surface area contributed by atoms with Crippen LogP contribution in [0.4, 0.5) is 0 Å². The lowest BCUT2D eigenvalue weighted by atomic mass is 9.86. The summed E-state index contributed by atoms with van der Waals surface area (Å²) in [6.45, 7) is 5.52. The molecule has 1 unspecified atom stereocenters. The van der Waals surface area contributed by atoms with Crippen LogP contribution in [0.25, 0.3) is 5.57 Å². The summed E-state index contributed by atoms with van der Waals surface area (Å²) in [7, 11) is -0.992. The molecule has 3 rings (SSSR count). The van der Waals surface area contributed by atoms with E-state index in [0.29, 0.717) is 24.6 Å². The van der Waals surface area contributed by atoms with Gasteiger partial charge < -0.3 is 10.6 Å². The van der Waals surface area contributed by atoms with Crippen molar-refractivity contribution in [2.75, 3.05) is 19.3 Å². The zero-order valence-corrected chi connectivity index (χ0v) is 16.6. The normalized spacial score (nSPS) is 15.8. The molecule has 1 aliphatic rings. The van der Waals surface area contributed by atoms with Gasteiger partial charge >= 0.3 is 0 Å². The lowest BCUT2D eigenvalue weighted by Crippen LogP contribution is -2.38. The van der Waals surface area contributed by atoms with E-state index in [0.717, 1.165) is 28.9 Å². The van der Waals surface area contributed by atoms with Gasteiger partial charge in [-0.25, -0.2) is 0 Å². The van der Waals surface area contributed by atoms with E-state index >= 15 is 0 Å². The van der Waals surface area contributed by atoms with Crippen LogP contribution in [0.1, 0.15) is 39.3 Å². The van der Waals surface area contributed by atoms with Crippen molar-refractivity contribution in [3.8, 4) is 0 Å². The summed E-state index contributed by atoms with van der Waals surface area (Å²) in [5.74, 6) is -0.406. The van der Waals surface area contributed by atoms with Gasteiger partial charge in [0.1, 0.15) is 5.69 Å². The van der Waals surface area contributed by atoms with E-state index in [4.69, 9.17) is 5.73 Å². The predicted molar refractivity (Wildman–Crippen MR) is 109 cm³/mol. The summed E-state index contributed by atoms with van der Waals surface area (Å²) in [5, 5.41) is 0. The minimum Gasteiger partial charge on any atom is -0.364 e. The van der Waals surface area contributed by atoms with Gasteiger partial charge in [-0.3, -0.25) is 18.8 Å². The molecule has 2 N–H and O–H groups in total. The van der Waals surface area contributed by atoms with E-state index in [1.54, 1.807) is 17.2 Å². The molecule has 7 heteroatoms. The second-order valence-corrected chi connectivity index (χ2v) is 8.25. The number of pyridine rings is 1. The molecule has 6 nitrogen and oxygen atoms in total. The fourth-order valence-electron chi connectivity index (χ4n) is 3.38. The first-order chi connectivity index (χ1) is 13.4. The fourth-order valence-corrected chi connectivity index (χ4v) is 3.90. The SMILES string of the molecule is C=C(c1ccc(S(C)=O)cc1)C1CCN(C(=O)c2ccc(C(N)=O)nc2)CC1. The van der Waals surface area contributed by atoms with Crippen LogP contribution in [0.3, 0.4) is 0 Å². The first kappa shape index (κ1) is 19.9. The molecule has 2 aromatic rings. The molecule has 1 saturated heterocycles. The summed E-state index contributed by atoms with van der Waals surface area (Å²) < 4.78 is 11.5. The number of benzene rings is 1. The van der Waals surface area contributed by atoms with E-state index < -0.39 is 16.7 Å². The lowest BCUT2D eigenvalue weighted by molar-refractivity contribution is 0.0707. The number of primary amides is 1. The standard InChI is InChI=1S/C21H23N3O3S/c1-14(15-3-6-18(7-4-15)28(2)27)16-9-11-24(12-10-16)21(26)17-5-8-19(20(22)25)23-13-17/h3-8,13,16H,1,9-12H2,2H3,(H2,22,25). The van der Waals surface area contributed by atoms with Crippen molar-refractivity contribution < 1.29 is 13.8 Å². The molecular weight excluding hydrogens is 374 g/mol. The number of nitrogens with two attached hydrogens (primary N) is 1. The smallest absolute Gasteiger partial charge is 0.267 e. The lowest BCUT2D eigenvalue weighted by Gasteiger charge is -2.33. The van der Waals surface area contributed by atoms with Gasteiger partial charge in [0.15, 0.2) is 0 Å². The second-order valence-electron chi connectivity index (χ2n) is 6.87. The Morgan fingerprint density at radius 3 is 2.21 bits per heavy atom. The van der Waals surface area contributed by atoms with Crippen molar-refractivity contribution in [1.82, 2.24) is 9.88 Å². The van der Waals surface area contributed by atoms with Crippen LogP contribution in [0, 0.1) is 5.92 Å². The minimum absolute atomic E-state index is 0.0950. The highest BCUT2D eigenvalue weighted by molar-refractivity contribution is 7.84. The molecule has 0 spiro atoms. The fraction of sp³-hybridized carbons (Fsp3) is 0.286. The first-order valence-electron chi connectivity index (χ1n) is 9.04. The van der Waals surface area contributed by atoms with Crippen molar-refractivity contribution in [3.63, 3.8) is 0 Å². The minimum atomic E-state index is -0.992. The van der Waals surface area contributed by atoms with Crippen LogP contribution in [0.15, 0.2) is 54.1 Å². The topological polar surface area (TPSA) is 93.4 Å². The highest BCUT2D eigenvalue weighted by atomic mass is 32.2. The molecule has 0 radical (unpaired) electrons. The van der Waals surface area contributed by atoms with Crippen LogP contribution in [-0.2, 0) is 10.8 Å². The highest BCUT2D eigenvalue weighted by Crippen LogP contribution is 2.31. The van der Waals surface area contributed by atoms with Gasteiger partial charge in [0.2, 0.25) is 0 Å². The molecule has 0 aliphatic carbocycles. The third-order valence-corrected chi connectivity index (χ3v) is 6.03. The van der Waals surface area contributed by atoms with E-state index in [-0.39, 0.29) is 11.6 Å². The van der Waals surface area contributed by atoms with Gasteiger partial charge in [-0.1, -0.05) is 18.7 Å². The number of hydrogen-bond acceptors (Lipinski definition) is 4. The number of aromatic nitrogens is 1. The zero-order chi connectivity index (χ0) is 20.3. The third-order valence-electron chi connectivity index (χ3n) is 5.09. The molecule has 28 heavy (non-hydrogen) atoms. The second kappa shape index (κ2) is 8.48. The molecule has 1 atom stereocenters. The number of likely N-dealkylation sites (tertiary alicyclic amines) is 1. The Labute approximate surface area is 166 Å². The van der Waals surface area contributed by atoms with Gasteiger partial charge in [-0.05, 0) is 54.2 Å². The number of piperidine rings is 1. The quantitative estimate of drug-likeness (QED) is 0.839. The summed E-state index contributed by atoms with van der Waals surface area (Å²) in [6, 6.07) is 10.7. The van der Waals surface area contributed by atoms with Gasteiger partial charge in [-0.15, -0.1) is 0 Å².